The highest BCUT2D eigenvalue weighted by Crippen LogP contribution is 2.66. The fourth-order valence-electron chi connectivity index (χ4n) is 8.17. The molecule has 4 aliphatic rings. The van der Waals surface area contributed by atoms with Crippen molar-refractivity contribution >= 4 is 11.9 Å². The van der Waals surface area contributed by atoms with Crippen LogP contribution in [0.4, 0.5) is 0 Å². The average Bonchev–Trinajstić information content (AvgIpc) is 3.09. The number of hydrogen-bond donors (Lipinski definition) is 1. The van der Waals surface area contributed by atoms with Crippen LogP contribution in [0.1, 0.15) is 92.9 Å². The Hall–Kier alpha value is -1.36. The van der Waals surface area contributed by atoms with Gasteiger partial charge < -0.3 is 14.6 Å². The van der Waals surface area contributed by atoms with Crippen molar-refractivity contribution in [2.24, 2.45) is 39.9 Å². The van der Waals surface area contributed by atoms with E-state index in [2.05, 4.69) is 19.9 Å². The van der Waals surface area contributed by atoms with Crippen molar-refractivity contribution in [3.8, 4) is 0 Å². The highest BCUT2D eigenvalue weighted by Gasteiger charge is 2.60. The Labute approximate surface area is 199 Å². The van der Waals surface area contributed by atoms with Crippen molar-refractivity contribution in [2.45, 2.75) is 105 Å². The van der Waals surface area contributed by atoms with Crippen LogP contribution in [0.3, 0.4) is 0 Å². The molecule has 4 rings (SSSR count). The van der Waals surface area contributed by atoms with Crippen LogP contribution in [0.15, 0.2) is 11.6 Å². The van der Waals surface area contributed by atoms with Gasteiger partial charge in [-0.1, -0.05) is 18.6 Å². The minimum atomic E-state index is -0.488. The third-order valence-corrected chi connectivity index (χ3v) is 9.89. The van der Waals surface area contributed by atoms with Crippen molar-refractivity contribution in [1.82, 2.24) is 0 Å². The van der Waals surface area contributed by atoms with Gasteiger partial charge in [-0.05, 0) is 108 Å². The number of hydrogen-bond acceptors (Lipinski definition) is 5. The Balaban J connectivity index is 1.51. The lowest BCUT2D eigenvalue weighted by molar-refractivity contribution is -0.166. The molecule has 0 aromatic heterocycles. The minimum Gasteiger partial charge on any atom is -0.463 e. The molecule has 0 radical (unpaired) electrons. The first-order valence-electron chi connectivity index (χ1n) is 13.1. The Kier molecular flexibility index (Phi) is 6.52. The van der Waals surface area contributed by atoms with E-state index in [9.17, 15) is 14.7 Å². The van der Waals surface area contributed by atoms with E-state index >= 15 is 0 Å². The summed E-state index contributed by atoms with van der Waals surface area (Å²) in [5.74, 6) is 1.43. The Morgan fingerprint density at radius 3 is 2.55 bits per heavy atom. The second-order valence-corrected chi connectivity index (χ2v) is 12.7. The molecule has 0 bridgehead atoms. The monoisotopic (exact) mass is 460 g/mol. The lowest BCUT2D eigenvalue weighted by Gasteiger charge is -2.60. The first-order chi connectivity index (χ1) is 15.4. The second kappa shape index (κ2) is 8.70. The normalized spacial score (nSPS) is 41.2. The first-order valence-corrected chi connectivity index (χ1v) is 13.1. The lowest BCUT2D eigenvalue weighted by atomic mass is 9.45. The van der Waals surface area contributed by atoms with E-state index < -0.39 is 5.41 Å². The predicted molar refractivity (Wildman–Crippen MR) is 127 cm³/mol. The molecule has 33 heavy (non-hydrogen) atoms. The summed E-state index contributed by atoms with van der Waals surface area (Å²) in [6.07, 6.45) is 10.5. The second-order valence-electron chi connectivity index (χ2n) is 12.7. The van der Waals surface area contributed by atoms with Gasteiger partial charge in [0.1, 0.15) is 12.2 Å². The molecule has 5 nitrogen and oxygen atoms in total. The van der Waals surface area contributed by atoms with E-state index in [-0.39, 0.29) is 41.6 Å². The van der Waals surface area contributed by atoms with Gasteiger partial charge in [-0.3, -0.25) is 9.59 Å². The molecule has 0 amide bonds. The summed E-state index contributed by atoms with van der Waals surface area (Å²) in [6, 6.07) is 0. The van der Waals surface area contributed by atoms with Gasteiger partial charge >= 0.3 is 11.9 Å². The lowest BCUT2D eigenvalue weighted by Crippen LogP contribution is -2.55. The van der Waals surface area contributed by atoms with Gasteiger partial charge in [-0.15, -0.1) is 0 Å². The van der Waals surface area contributed by atoms with Gasteiger partial charge in [0, 0.05) is 19.4 Å². The van der Waals surface area contributed by atoms with Crippen molar-refractivity contribution in [2.75, 3.05) is 6.61 Å². The zero-order valence-corrected chi connectivity index (χ0v) is 21.5. The van der Waals surface area contributed by atoms with Crippen LogP contribution in [0, 0.1) is 39.9 Å². The van der Waals surface area contributed by atoms with Crippen LogP contribution in [0.5, 0.6) is 0 Å². The highest BCUT2D eigenvalue weighted by molar-refractivity contribution is 5.75. The number of rotatable bonds is 4. The van der Waals surface area contributed by atoms with E-state index in [1.54, 1.807) is 5.57 Å². The smallest absolute Gasteiger partial charge is 0.311 e. The van der Waals surface area contributed by atoms with E-state index in [1.165, 1.54) is 6.92 Å². The van der Waals surface area contributed by atoms with E-state index in [0.29, 0.717) is 23.7 Å². The van der Waals surface area contributed by atoms with Crippen molar-refractivity contribution < 1.29 is 24.2 Å². The Morgan fingerprint density at radius 1 is 1.18 bits per heavy atom. The number of carbonyl (C=O) groups excluding carboxylic acids is 2. The quantitative estimate of drug-likeness (QED) is 0.446. The van der Waals surface area contributed by atoms with Crippen LogP contribution in [0.2, 0.25) is 0 Å². The molecule has 3 saturated carbocycles. The number of allylic oxidation sites excluding steroid dienone is 2. The Morgan fingerprint density at radius 2 is 1.91 bits per heavy atom. The first kappa shape index (κ1) is 24.8. The SMILES string of the molecule is CC(=O)OC1CC[C@@]2(CO)C(CC[C@H]3C4=CC[C@H](C(C)OC(=O)C(C)(C)C)[C@@]4(C)CC[C@@H]32)C1. The van der Waals surface area contributed by atoms with E-state index in [0.717, 1.165) is 51.4 Å². The Bertz CT molecular complexity index is 810. The molecule has 0 aromatic carbocycles. The summed E-state index contributed by atoms with van der Waals surface area (Å²) in [5.41, 5.74) is 1.09. The van der Waals surface area contributed by atoms with Crippen molar-refractivity contribution in [3.05, 3.63) is 11.6 Å². The molecule has 8 atom stereocenters. The molecule has 0 saturated heterocycles. The van der Waals surface area contributed by atoms with Crippen molar-refractivity contribution in [1.29, 1.82) is 0 Å². The van der Waals surface area contributed by atoms with Crippen LogP contribution in [0.25, 0.3) is 0 Å². The van der Waals surface area contributed by atoms with Crippen LogP contribution >= 0.6 is 0 Å². The summed E-state index contributed by atoms with van der Waals surface area (Å²) in [4.78, 5) is 24.1. The summed E-state index contributed by atoms with van der Waals surface area (Å²) >= 11 is 0. The number of ether oxygens (including phenoxy) is 2. The van der Waals surface area contributed by atoms with Gasteiger partial charge in [0.15, 0.2) is 0 Å². The van der Waals surface area contributed by atoms with Gasteiger partial charge in [0.2, 0.25) is 0 Å². The third-order valence-electron chi connectivity index (χ3n) is 9.89. The predicted octanol–water partition coefficient (Wildman–Crippen LogP) is 5.45. The number of esters is 2. The third kappa shape index (κ3) is 4.17. The average molecular weight is 461 g/mol. The molecule has 3 unspecified atom stereocenters. The molecule has 186 valence electrons. The van der Waals surface area contributed by atoms with Crippen LogP contribution in [-0.2, 0) is 19.1 Å². The zero-order valence-electron chi connectivity index (χ0n) is 21.5. The molecular weight excluding hydrogens is 416 g/mol. The fraction of sp³-hybridized carbons (Fsp3) is 0.857. The van der Waals surface area contributed by atoms with E-state index in [4.69, 9.17) is 9.47 Å². The topological polar surface area (TPSA) is 72.8 Å². The highest BCUT2D eigenvalue weighted by atomic mass is 16.5. The van der Waals surface area contributed by atoms with Gasteiger partial charge in [-0.2, -0.15) is 0 Å². The molecular formula is C28H44O5. The number of aliphatic hydroxyl groups is 1. The maximum absolute atomic E-state index is 12.6. The molecule has 1 N–H and O–H groups in total. The molecule has 4 aliphatic carbocycles. The minimum absolute atomic E-state index is 0.00556. The maximum atomic E-state index is 12.6. The largest absolute Gasteiger partial charge is 0.463 e. The number of fused-ring (bicyclic) bond motifs is 5. The molecule has 0 aliphatic heterocycles. The fourth-order valence-corrected chi connectivity index (χ4v) is 8.17. The standard InChI is InChI=1S/C28H44O5/c1-17(32-25(31)26(3,4)5)22-9-10-23-21-8-7-19-15-20(33-18(2)30)11-14-28(19,16-29)24(21)12-13-27(22,23)6/h10,17,19-22,24,29H,7-9,11-16H2,1-6H3/t17?,19?,20?,21-,22+,24-,27+,28+/m0/s1. The van der Waals surface area contributed by atoms with Gasteiger partial charge in [-0.25, -0.2) is 0 Å². The maximum Gasteiger partial charge on any atom is 0.311 e. The van der Waals surface area contributed by atoms with Gasteiger partial charge in [0.05, 0.1) is 5.41 Å². The van der Waals surface area contributed by atoms with E-state index in [1.807, 2.05) is 20.8 Å². The van der Waals surface area contributed by atoms with Crippen molar-refractivity contribution in [3.63, 3.8) is 0 Å². The number of aliphatic hydroxyl groups excluding tert-OH is 1. The molecule has 0 aromatic rings. The van der Waals surface area contributed by atoms with Gasteiger partial charge in [0.25, 0.3) is 0 Å². The molecule has 0 heterocycles. The molecule has 3 fully saturated rings. The summed E-state index contributed by atoms with van der Waals surface area (Å²) < 4.78 is 11.5. The van der Waals surface area contributed by atoms with Crippen LogP contribution < -0.4 is 0 Å². The van der Waals surface area contributed by atoms with Crippen LogP contribution in [-0.4, -0.2) is 35.9 Å². The molecule has 5 heteroatoms. The summed E-state index contributed by atoms with van der Waals surface area (Å²) in [6.45, 7) is 11.9. The molecule has 0 spiro atoms. The summed E-state index contributed by atoms with van der Waals surface area (Å²) in [5, 5.41) is 10.7. The zero-order chi connectivity index (χ0) is 24.2. The summed E-state index contributed by atoms with van der Waals surface area (Å²) in [7, 11) is 0. The number of carbonyl (C=O) groups is 2.